The summed E-state index contributed by atoms with van der Waals surface area (Å²) in [6, 6.07) is 4.88. The van der Waals surface area contributed by atoms with Crippen molar-refractivity contribution in [3.63, 3.8) is 0 Å². The van der Waals surface area contributed by atoms with Gasteiger partial charge in [-0.05, 0) is 37.1 Å². The lowest BCUT2D eigenvalue weighted by Gasteiger charge is -2.06. The van der Waals surface area contributed by atoms with Gasteiger partial charge in [0, 0.05) is 25.5 Å². The Morgan fingerprint density at radius 2 is 2.05 bits per heavy atom. The highest BCUT2D eigenvalue weighted by atomic mass is 16.3. The fourth-order valence-corrected chi connectivity index (χ4v) is 1.88. The average molecular weight is 261 g/mol. The highest BCUT2D eigenvalue weighted by Gasteiger charge is 2.00. The first-order chi connectivity index (χ1) is 9.25. The van der Waals surface area contributed by atoms with E-state index in [9.17, 15) is 10.2 Å². The topological polar surface area (TPSA) is 70.3 Å². The summed E-state index contributed by atoms with van der Waals surface area (Å²) in [6.45, 7) is 2.61. The minimum absolute atomic E-state index is 0.0700. The van der Waals surface area contributed by atoms with Gasteiger partial charge in [0.05, 0.1) is 6.33 Å². The number of unbranched alkanes of at least 4 members (excludes halogenated alkanes) is 1. The van der Waals surface area contributed by atoms with Crippen LogP contribution in [0.2, 0.25) is 0 Å². The molecule has 0 atom stereocenters. The number of aryl methyl sites for hydroxylation is 1. The monoisotopic (exact) mass is 261 g/mol. The number of benzene rings is 1. The highest BCUT2D eigenvalue weighted by molar-refractivity contribution is 5.40. The largest absolute Gasteiger partial charge is 0.504 e. The van der Waals surface area contributed by atoms with Gasteiger partial charge in [0.15, 0.2) is 11.5 Å². The zero-order valence-electron chi connectivity index (χ0n) is 10.8. The van der Waals surface area contributed by atoms with E-state index >= 15 is 0 Å². The van der Waals surface area contributed by atoms with E-state index in [0.717, 1.165) is 31.5 Å². The smallest absolute Gasteiger partial charge is 0.157 e. The van der Waals surface area contributed by atoms with E-state index < -0.39 is 0 Å². The van der Waals surface area contributed by atoms with E-state index in [1.54, 1.807) is 18.3 Å². The Morgan fingerprint density at radius 1 is 1.16 bits per heavy atom. The molecule has 0 unspecified atom stereocenters. The minimum Gasteiger partial charge on any atom is -0.504 e. The van der Waals surface area contributed by atoms with Crippen molar-refractivity contribution in [2.45, 2.75) is 25.9 Å². The summed E-state index contributed by atoms with van der Waals surface area (Å²) in [5.74, 6) is -0.150. The van der Waals surface area contributed by atoms with Crippen molar-refractivity contribution in [3.8, 4) is 11.5 Å². The summed E-state index contributed by atoms with van der Waals surface area (Å²) >= 11 is 0. The van der Waals surface area contributed by atoms with Crippen LogP contribution in [0.25, 0.3) is 0 Å². The molecule has 0 aliphatic heterocycles. The van der Waals surface area contributed by atoms with Gasteiger partial charge in [0.1, 0.15) is 0 Å². The number of nitrogens with one attached hydrogen (secondary N) is 1. The molecule has 0 fully saturated rings. The second-order valence-corrected chi connectivity index (χ2v) is 4.51. The first kappa shape index (κ1) is 13.4. The van der Waals surface area contributed by atoms with Gasteiger partial charge in [0.2, 0.25) is 0 Å². The molecule has 0 amide bonds. The van der Waals surface area contributed by atoms with Crippen molar-refractivity contribution in [1.82, 2.24) is 14.9 Å². The van der Waals surface area contributed by atoms with E-state index in [4.69, 9.17) is 0 Å². The number of phenolic OH excluding ortho intramolecular Hbond substituents is 2. The third-order valence-corrected chi connectivity index (χ3v) is 2.95. The third-order valence-electron chi connectivity index (χ3n) is 2.95. The highest BCUT2D eigenvalue weighted by Crippen LogP contribution is 2.24. The molecule has 1 aromatic heterocycles. The molecule has 0 radical (unpaired) electrons. The molecule has 5 nitrogen and oxygen atoms in total. The van der Waals surface area contributed by atoms with E-state index in [2.05, 4.69) is 14.9 Å². The van der Waals surface area contributed by atoms with Crippen LogP contribution in [0.1, 0.15) is 18.4 Å². The van der Waals surface area contributed by atoms with E-state index in [1.165, 1.54) is 6.07 Å². The Balaban J connectivity index is 1.60. The van der Waals surface area contributed by atoms with Crippen LogP contribution in [0, 0.1) is 0 Å². The van der Waals surface area contributed by atoms with Crippen LogP contribution in [0.4, 0.5) is 0 Å². The second kappa shape index (κ2) is 6.80. The molecule has 19 heavy (non-hydrogen) atoms. The first-order valence-corrected chi connectivity index (χ1v) is 6.43. The van der Waals surface area contributed by atoms with Crippen molar-refractivity contribution in [2.75, 3.05) is 6.54 Å². The Kier molecular flexibility index (Phi) is 4.80. The first-order valence-electron chi connectivity index (χ1n) is 6.43. The number of phenols is 2. The summed E-state index contributed by atoms with van der Waals surface area (Å²) in [5, 5.41) is 21.9. The second-order valence-electron chi connectivity index (χ2n) is 4.51. The van der Waals surface area contributed by atoms with Crippen LogP contribution in [-0.2, 0) is 13.1 Å². The van der Waals surface area contributed by atoms with E-state index in [1.807, 2.05) is 12.5 Å². The normalized spacial score (nSPS) is 10.7. The molecular formula is C14H19N3O2. The maximum Gasteiger partial charge on any atom is 0.157 e. The number of hydrogen-bond acceptors (Lipinski definition) is 4. The molecule has 5 heteroatoms. The molecule has 1 aromatic carbocycles. The van der Waals surface area contributed by atoms with Gasteiger partial charge in [-0.1, -0.05) is 6.07 Å². The van der Waals surface area contributed by atoms with Crippen molar-refractivity contribution in [2.24, 2.45) is 0 Å². The standard InChI is InChI=1S/C14H19N3O2/c18-13-4-3-12(9-14(13)19)10-15-5-1-2-7-17-8-6-16-11-17/h3-4,6,8-9,11,15,18-19H,1-2,5,7,10H2. The lowest BCUT2D eigenvalue weighted by Crippen LogP contribution is -2.15. The number of aromatic nitrogens is 2. The van der Waals surface area contributed by atoms with Crippen LogP contribution in [0.15, 0.2) is 36.9 Å². The molecule has 1 heterocycles. The Labute approximate surface area is 112 Å². The Bertz CT molecular complexity index is 497. The van der Waals surface area contributed by atoms with Crippen LogP contribution in [-0.4, -0.2) is 26.3 Å². The van der Waals surface area contributed by atoms with Gasteiger partial charge in [-0.15, -0.1) is 0 Å². The zero-order valence-corrected chi connectivity index (χ0v) is 10.8. The van der Waals surface area contributed by atoms with Crippen LogP contribution in [0.5, 0.6) is 11.5 Å². The molecular weight excluding hydrogens is 242 g/mol. The maximum absolute atomic E-state index is 9.36. The number of rotatable bonds is 7. The fraction of sp³-hybridized carbons (Fsp3) is 0.357. The van der Waals surface area contributed by atoms with Crippen LogP contribution in [0.3, 0.4) is 0 Å². The number of nitrogens with zero attached hydrogens (tertiary/aromatic N) is 2. The Morgan fingerprint density at radius 3 is 2.79 bits per heavy atom. The zero-order chi connectivity index (χ0) is 13.5. The van der Waals surface area contributed by atoms with Crippen molar-refractivity contribution >= 4 is 0 Å². The summed E-state index contributed by atoms with van der Waals surface area (Å²) in [6.07, 6.45) is 7.77. The summed E-state index contributed by atoms with van der Waals surface area (Å²) < 4.78 is 2.07. The molecule has 0 saturated carbocycles. The van der Waals surface area contributed by atoms with Gasteiger partial charge in [-0.3, -0.25) is 0 Å². The molecule has 0 aliphatic rings. The molecule has 102 valence electrons. The number of hydrogen-bond donors (Lipinski definition) is 3. The van der Waals surface area contributed by atoms with Crippen molar-refractivity contribution < 1.29 is 10.2 Å². The molecule has 0 aliphatic carbocycles. The lowest BCUT2D eigenvalue weighted by molar-refractivity contribution is 0.403. The van der Waals surface area contributed by atoms with Crippen LogP contribution < -0.4 is 5.32 Å². The van der Waals surface area contributed by atoms with Crippen molar-refractivity contribution in [3.05, 3.63) is 42.5 Å². The van der Waals surface area contributed by atoms with Crippen molar-refractivity contribution in [1.29, 1.82) is 0 Å². The molecule has 2 aromatic rings. The summed E-state index contributed by atoms with van der Waals surface area (Å²) in [5.41, 5.74) is 0.963. The quantitative estimate of drug-likeness (QED) is 0.525. The molecule has 0 bridgehead atoms. The molecule has 3 N–H and O–H groups in total. The van der Waals surface area contributed by atoms with Gasteiger partial charge >= 0.3 is 0 Å². The average Bonchev–Trinajstić information content (AvgIpc) is 2.91. The number of aromatic hydroxyl groups is 2. The molecule has 2 rings (SSSR count). The predicted octanol–water partition coefficient (Wildman–Crippen LogP) is 1.86. The number of imidazole rings is 1. The summed E-state index contributed by atoms with van der Waals surface area (Å²) in [4.78, 5) is 4.00. The predicted molar refractivity (Wildman–Crippen MR) is 72.9 cm³/mol. The maximum atomic E-state index is 9.36. The van der Waals surface area contributed by atoms with Gasteiger partial charge in [-0.2, -0.15) is 0 Å². The Hall–Kier alpha value is -2.01. The fourth-order valence-electron chi connectivity index (χ4n) is 1.88. The van der Waals surface area contributed by atoms with Gasteiger partial charge < -0.3 is 20.1 Å². The van der Waals surface area contributed by atoms with Crippen LogP contribution >= 0.6 is 0 Å². The third kappa shape index (κ3) is 4.30. The SMILES string of the molecule is Oc1ccc(CNCCCCn2ccnc2)cc1O. The lowest BCUT2D eigenvalue weighted by atomic mass is 10.2. The molecule has 0 saturated heterocycles. The molecule has 0 spiro atoms. The van der Waals surface area contributed by atoms with Gasteiger partial charge in [-0.25, -0.2) is 4.98 Å². The van der Waals surface area contributed by atoms with Gasteiger partial charge in [0.25, 0.3) is 0 Å². The van der Waals surface area contributed by atoms with E-state index in [-0.39, 0.29) is 11.5 Å². The summed E-state index contributed by atoms with van der Waals surface area (Å²) in [7, 11) is 0. The van der Waals surface area contributed by atoms with E-state index in [0.29, 0.717) is 6.54 Å². The minimum atomic E-state index is -0.0796.